The van der Waals surface area contributed by atoms with E-state index in [2.05, 4.69) is 39.6 Å². The molecule has 0 bridgehead atoms. The molecule has 0 atom stereocenters. The predicted molar refractivity (Wildman–Crippen MR) is 112 cm³/mol. The lowest BCUT2D eigenvalue weighted by Gasteiger charge is -2.29. The van der Waals surface area contributed by atoms with Gasteiger partial charge in [0, 0.05) is 24.7 Å². The van der Waals surface area contributed by atoms with Crippen LogP contribution in [0.15, 0.2) is 18.2 Å². The molecule has 1 heterocycles. The fraction of sp³-hybridized carbons (Fsp3) is 0.545. The lowest BCUT2D eigenvalue weighted by molar-refractivity contribution is 0.395. The third-order valence-corrected chi connectivity index (χ3v) is 5.18. The van der Waals surface area contributed by atoms with E-state index in [4.69, 9.17) is 19.4 Å². The van der Waals surface area contributed by atoms with Crippen LogP contribution in [0.5, 0.6) is 11.5 Å². The minimum atomic E-state index is 0.468. The summed E-state index contributed by atoms with van der Waals surface area (Å²) in [6.45, 7) is 8.70. The Morgan fingerprint density at radius 2 is 1.59 bits per heavy atom. The quantitative estimate of drug-likeness (QED) is 0.627. The Bertz CT molecular complexity index is 757. The highest BCUT2D eigenvalue weighted by Gasteiger charge is 2.21. The summed E-state index contributed by atoms with van der Waals surface area (Å²) in [5.74, 6) is 2.52. The summed E-state index contributed by atoms with van der Waals surface area (Å²) in [4.78, 5) is 12.4. The van der Waals surface area contributed by atoms with Crippen molar-refractivity contribution < 1.29 is 9.47 Å². The Kier molecular flexibility index (Phi) is 7.45. The predicted octanol–water partition coefficient (Wildman–Crippen LogP) is 4.91. The van der Waals surface area contributed by atoms with Crippen molar-refractivity contribution in [3.05, 3.63) is 29.6 Å². The van der Waals surface area contributed by atoms with Crippen LogP contribution in [0, 0.1) is 0 Å². The minimum absolute atomic E-state index is 0.468. The molecule has 0 saturated heterocycles. The Morgan fingerprint density at radius 3 is 2.11 bits per heavy atom. The van der Waals surface area contributed by atoms with Gasteiger partial charge in [-0.3, -0.25) is 0 Å². The summed E-state index contributed by atoms with van der Waals surface area (Å²) in [5.41, 5.74) is 3.86. The molecule has 0 aliphatic heterocycles. The molecule has 0 unspecified atom stereocenters. The van der Waals surface area contributed by atoms with Crippen LogP contribution in [0.1, 0.15) is 51.9 Å². The van der Waals surface area contributed by atoms with E-state index in [-0.39, 0.29) is 0 Å². The number of hydrogen-bond acceptors (Lipinski definition) is 5. The molecule has 2 rings (SSSR count). The van der Waals surface area contributed by atoms with Crippen molar-refractivity contribution in [1.82, 2.24) is 9.97 Å². The fourth-order valence-electron chi connectivity index (χ4n) is 3.48. The van der Waals surface area contributed by atoms with Crippen LogP contribution >= 0.6 is 0 Å². The molecule has 2 aromatic rings. The first-order valence-corrected chi connectivity index (χ1v) is 9.89. The summed E-state index contributed by atoms with van der Waals surface area (Å²) >= 11 is 0. The van der Waals surface area contributed by atoms with E-state index < -0.39 is 0 Å². The van der Waals surface area contributed by atoms with Crippen molar-refractivity contribution in [2.24, 2.45) is 0 Å². The Balaban J connectivity index is 2.63. The van der Waals surface area contributed by atoms with Crippen molar-refractivity contribution in [3.8, 4) is 22.8 Å². The molecule has 0 spiro atoms. The van der Waals surface area contributed by atoms with Crippen molar-refractivity contribution >= 4 is 5.82 Å². The molecule has 0 saturated carbocycles. The second-order valence-electron chi connectivity index (χ2n) is 6.64. The lowest BCUT2D eigenvalue weighted by Crippen LogP contribution is -2.32. The maximum atomic E-state index is 5.61. The second kappa shape index (κ2) is 9.58. The summed E-state index contributed by atoms with van der Waals surface area (Å²) in [6, 6.07) is 6.31. The molecule has 0 fully saturated rings. The summed E-state index contributed by atoms with van der Waals surface area (Å²) in [6.07, 6.45) is 3.83. The number of ether oxygens (including phenoxy) is 2. The molecule has 5 heteroatoms. The van der Waals surface area contributed by atoms with Crippen LogP contribution in [-0.4, -0.2) is 37.3 Å². The third kappa shape index (κ3) is 4.34. The van der Waals surface area contributed by atoms with Crippen molar-refractivity contribution in [1.29, 1.82) is 0 Å². The first kappa shape index (κ1) is 21.0. The van der Waals surface area contributed by atoms with Crippen LogP contribution in [0.2, 0.25) is 0 Å². The average molecular weight is 372 g/mol. The molecule has 0 radical (unpaired) electrons. The molecule has 27 heavy (non-hydrogen) atoms. The van der Waals surface area contributed by atoms with Crippen LogP contribution in [0.3, 0.4) is 0 Å². The molecule has 1 aromatic carbocycles. The van der Waals surface area contributed by atoms with E-state index in [0.29, 0.717) is 6.04 Å². The maximum absolute atomic E-state index is 5.61. The van der Waals surface area contributed by atoms with Gasteiger partial charge in [-0.05, 0) is 37.8 Å². The topological polar surface area (TPSA) is 47.5 Å². The van der Waals surface area contributed by atoms with Crippen molar-refractivity contribution in [3.63, 3.8) is 0 Å². The monoisotopic (exact) mass is 371 g/mol. The van der Waals surface area contributed by atoms with Crippen LogP contribution in [0.4, 0.5) is 5.82 Å². The van der Waals surface area contributed by atoms with E-state index in [1.54, 1.807) is 14.2 Å². The number of rotatable bonds is 9. The van der Waals surface area contributed by atoms with Gasteiger partial charge in [0.05, 0.1) is 31.3 Å². The molecule has 0 amide bonds. The molecule has 0 N–H and O–H groups in total. The summed E-state index contributed by atoms with van der Waals surface area (Å²) in [5, 5.41) is 0. The van der Waals surface area contributed by atoms with Crippen LogP contribution in [-0.2, 0) is 12.8 Å². The zero-order valence-corrected chi connectivity index (χ0v) is 17.8. The first-order valence-electron chi connectivity index (χ1n) is 9.89. The smallest absolute Gasteiger partial charge is 0.150 e. The summed E-state index contributed by atoms with van der Waals surface area (Å²) < 4.78 is 10.9. The van der Waals surface area contributed by atoms with Crippen LogP contribution in [0.25, 0.3) is 11.3 Å². The SMILES string of the molecule is CCc1nc(N(C)C(CC)CC)c(CC)nc1-c1ccc(OC)cc1OC. The van der Waals surface area contributed by atoms with Gasteiger partial charge in [0.2, 0.25) is 0 Å². The summed E-state index contributed by atoms with van der Waals surface area (Å²) in [7, 11) is 5.46. The minimum Gasteiger partial charge on any atom is -0.497 e. The number of nitrogens with zero attached hydrogens (tertiary/aromatic N) is 3. The van der Waals surface area contributed by atoms with Gasteiger partial charge in [0.25, 0.3) is 0 Å². The highest BCUT2D eigenvalue weighted by molar-refractivity contribution is 5.71. The van der Waals surface area contributed by atoms with Gasteiger partial charge in [0.15, 0.2) is 5.82 Å². The van der Waals surface area contributed by atoms with Gasteiger partial charge < -0.3 is 14.4 Å². The molecular formula is C22H33N3O2. The maximum Gasteiger partial charge on any atom is 0.150 e. The number of aromatic nitrogens is 2. The highest BCUT2D eigenvalue weighted by Crippen LogP contribution is 2.35. The van der Waals surface area contributed by atoms with Gasteiger partial charge in [-0.1, -0.05) is 27.7 Å². The van der Waals surface area contributed by atoms with E-state index in [1.165, 1.54) is 0 Å². The number of aryl methyl sites for hydroxylation is 2. The van der Waals surface area contributed by atoms with E-state index in [1.807, 2.05) is 18.2 Å². The third-order valence-electron chi connectivity index (χ3n) is 5.18. The second-order valence-corrected chi connectivity index (χ2v) is 6.64. The fourth-order valence-corrected chi connectivity index (χ4v) is 3.48. The zero-order chi connectivity index (χ0) is 20.0. The molecule has 0 aliphatic rings. The number of anilines is 1. The molecular weight excluding hydrogens is 338 g/mol. The lowest BCUT2D eigenvalue weighted by atomic mass is 10.1. The van der Waals surface area contributed by atoms with E-state index in [9.17, 15) is 0 Å². The molecule has 148 valence electrons. The molecule has 0 aliphatic carbocycles. The van der Waals surface area contributed by atoms with E-state index in [0.717, 1.165) is 65.6 Å². The van der Waals surface area contributed by atoms with Crippen molar-refractivity contribution in [2.75, 3.05) is 26.2 Å². The first-order chi connectivity index (χ1) is 13.0. The zero-order valence-electron chi connectivity index (χ0n) is 17.8. The molecule has 5 nitrogen and oxygen atoms in total. The van der Waals surface area contributed by atoms with E-state index >= 15 is 0 Å². The van der Waals surface area contributed by atoms with Gasteiger partial charge in [0.1, 0.15) is 11.5 Å². The number of benzene rings is 1. The van der Waals surface area contributed by atoms with Crippen molar-refractivity contribution in [2.45, 2.75) is 59.4 Å². The Labute approximate surface area is 163 Å². The Hall–Kier alpha value is -2.30. The van der Waals surface area contributed by atoms with Crippen LogP contribution < -0.4 is 14.4 Å². The standard InChI is InChI=1S/C22H33N3O2/c1-8-15(9-2)25(5)22-19(11-4)23-21(18(10-3)24-22)17-13-12-16(26-6)14-20(17)27-7/h12-15H,8-11H2,1-7H3. The highest BCUT2D eigenvalue weighted by atomic mass is 16.5. The average Bonchev–Trinajstić information content (AvgIpc) is 2.72. The normalized spacial score (nSPS) is 11.0. The number of hydrogen-bond donors (Lipinski definition) is 0. The Morgan fingerprint density at radius 1 is 0.926 bits per heavy atom. The van der Waals surface area contributed by atoms with Gasteiger partial charge in [-0.15, -0.1) is 0 Å². The van der Waals surface area contributed by atoms with Gasteiger partial charge in [-0.2, -0.15) is 0 Å². The molecule has 1 aromatic heterocycles. The van der Waals surface area contributed by atoms with Gasteiger partial charge >= 0.3 is 0 Å². The van der Waals surface area contributed by atoms with Gasteiger partial charge in [-0.25, -0.2) is 9.97 Å². The largest absolute Gasteiger partial charge is 0.497 e. The number of methoxy groups -OCH3 is 2.